The van der Waals surface area contributed by atoms with Crippen molar-refractivity contribution in [1.82, 2.24) is 40.2 Å². The van der Waals surface area contributed by atoms with Gasteiger partial charge in [0, 0.05) is 38.5 Å². The molecule has 1 aromatic carbocycles. The average Bonchev–Trinajstić information content (AvgIpc) is 3.48. The number of nitrogens with one attached hydrogen (secondary N) is 2. The topological polar surface area (TPSA) is 154 Å². The lowest BCUT2D eigenvalue weighted by Gasteiger charge is -2.24. The summed E-state index contributed by atoms with van der Waals surface area (Å²) >= 11 is 6.43. The van der Waals surface area contributed by atoms with Crippen molar-refractivity contribution in [3.63, 3.8) is 0 Å². The summed E-state index contributed by atoms with van der Waals surface area (Å²) in [4.78, 5) is 44.2. The van der Waals surface area contributed by atoms with Crippen molar-refractivity contribution < 1.29 is 14.7 Å². The minimum Gasteiger partial charge on any atom is -0.394 e. The van der Waals surface area contributed by atoms with E-state index >= 15 is 0 Å². The zero-order valence-corrected chi connectivity index (χ0v) is 23.7. The monoisotopic (exact) mass is 576 g/mol. The Bertz CT molecular complexity index is 1610. The number of aliphatic hydroxyl groups excluding tert-OH is 1. The molecule has 0 radical (unpaired) electrons. The number of nitrogens with zero attached hydrogens (tertiary/aromatic N) is 8. The summed E-state index contributed by atoms with van der Waals surface area (Å²) in [5.41, 5.74) is 3.03. The van der Waals surface area contributed by atoms with Crippen molar-refractivity contribution in [1.29, 1.82) is 0 Å². The molecule has 0 unspecified atom stereocenters. The van der Waals surface area contributed by atoms with Gasteiger partial charge in [-0.05, 0) is 36.2 Å². The van der Waals surface area contributed by atoms with E-state index in [9.17, 15) is 14.7 Å². The molecule has 14 heteroatoms. The zero-order chi connectivity index (χ0) is 29.3. The molecular formula is C27H29ClN10O3. The summed E-state index contributed by atoms with van der Waals surface area (Å²) in [6.07, 6.45) is 4.63. The van der Waals surface area contributed by atoms with E-state index in [0.29, 0.717) is 39.0 Å². The second-order valence-electron chi connectivity index (χ2n) is 9.79. The largest absolute Gasteiger partial charge is 0.394 e. The van der Waals surface area contributed by atoms with E-state index in [0.717, 1.165) is 5.56 Å². The molecule has 0 spiro atoms. The minimum atomic E-state index is -0.643. The normalized spacial score (nSPS) is 15.0. The van der Waals surface area contributed by atoms with Crippen LogP contribution in [0.4, 0.5) is 17.6 Å². The van der Waals surface area contributed by atoms with Crippen LogP contribution in [0.1, 0.15) is 40.5 Å². The highest BCUT2D eigenvalue weighted by molar-refractivity contribution is 6.33. The van der Waals surface area contributed by atoms with E-state index < -0.39 is 6.04 Å². The van der Waals surface area contributed by atoms with Crippen LogP contribution in [0.25, 0.3) is 11.3 Å². The SMILES string of the molecule is C[C@@H]1c2ccc(-c3nc(Nc4cnn(C)n4)ncc3Cl)cc2C(=O)N1CC(=O)N[C@H](CO)c1ccnc(N(C)C)c1. The Balaban J connectivity index is 1.32. The molecule has 3 N–H and O–H groups in total. The van der Waals surface area contributed by atoms with Gasteiger partial charge in [-0.3, -0.25) is 9.59 Å². The number of hydrogen-bond acceptors (Lipinski definition) is 10. The first-order valence-electron chi connectivity index (χ1n) is 12.8. The fourth-order valence-electron chi connectivity index (χ4n) is 4.63. The van der Waals surface area contributed by atoms with Crippen LogP contribution in [-0.4, -0.2) is 79.0 Å². The molecule has 0 saturated carbocycles. The van der Waals surface area contributed by atoms with Crippen molar-refractivity contribution in [3.05, 3.63) is 70.6 Å². The second kappa shape index (κ2) is 11.5. The van der Waals surface area contributed by atoms with Gasteiger partial charge in [0.1, 0.15) is 12.4 Å². The van der Waals surface area contributed by atoms with Crippen LogP contribution in [-0.2, 0) is 11.8 Å². The van der Waals surface area contributed by atoms with Gasteiger partial charge in [-0.2, -0.15) is 9.90 Å². The fourth-order valence-corrected chi connectivity index (χ4v) is 4.83. The molecule has 5 rings (SSSR count). The molecule has 2 atom stereocenters. The van der Waals surface area contributed by atoms with E-state index in [4.69, 9.17) is 11.6 Å². The van der Waals surface area contributed by atoms with Crippen molar-refractivity contribution in [3.8, 4) is 11.3 Å². The number of rotatable bonds is 9. The number of pyridine rings is 1. The molecule has 3 aromatic heterocycles. The molecule has 0 bridgehead atoms. The number of benzene rings is 1. The molecule has 41 heavy (non-hydrogen) atoms. The van der Waals surface area contributed by atoms with Crippen LogP contribution in [0.15, 0.2) is 48.9 Å². The molecule has 0 saturated heterocycles. The number of aromatic nitrogens is 6. The van der Waals surface area contributed by atoms with Crippen LogP contribution < -0.4 is 15.5 Å². The first-order chi connectivity index (χ1) is 19.6. The van der Waals surface area contributed by atoms with E-state index in [2.05, 4.69) is 35.8 Å². The fraction of sp³-hybridized carbons (Fsp3) is 0.296. The van der Waals surface area contributed by atoms with Crippen LogP contribution in [0.5, 0.6) is 0 Å². The van der Waals surface area contributed by atoms with E-state index in [1.54, 1.807) is 37.6 Å². The van der Waals surface area contributed by atoms with Crippen molar-refractivity contribution >= 4 is 41.0 Å². The maximum absolute atomic E-state index is 13.5. The average molecular weight is 577 g/mol. The Morgan fingerprint density at radius 2 is 2.00 bits per heavy atom. The summed E-state index contributed by atoms with van der Waals surface area (Å²) in [6, 6.07) is 7.96. The van der Waals surface area contributed by atoms with Crippen LogP contribution in [0.2, 0.25) is 5.02 Å². The number of aryl methyl sites for hydroxylation is 1. The highest BCUT2D eigenvalue weighted by Gasteiger charge is 2.35. The van der Waals surface area contributed by atoms with Crippen LogP contribution >= 0.6 is 11.6 Å². The maximum Gasteiger partial charge on any atom is 0.255 e. The van der Waals surface area contributed by atoms with Gasteiger partial charge in [0.25, 0.3) is 5.91 Å². The molecule has 4 heterocycles. The first-order valence-corrected chi connectivity index (χ1v) is 13.2. The van der Waals surface area contributed by atoms with Gasteiger partial charge < -0.3 is 25.5 Å². The smallest absolute Gasteiger partial charge is 0.255 e. The Morgan fingerprint density at radius 3 is 2.71 bits per heavy atom. The van der Waals surface area contributed by atoms with Gasteiger partial charge in [0.2, 0.25) is 11.9 Å². The van der Waals surface area contributed by atoms with Gasteiger partial charge in [-0.1, -0.05) is 23.7 Å². The number of hydrogen-bond donors (Lipinski definition) is 3. The molecule has 13 nitrogen and oxygen atoms in total. The quantitative estimate of drug-likeness (QED) is 0.271. The van der Waals surface area contributed by atoms with Crippen molar-refractivity contribution in [2.24, 2.45) is 7.05 Å². The van der Waals surface area contributed by atoms with E-state index in [1.807, 2.05) is 38.1 Å². The lowest BCUT2D eigenvalue weighted by atomic mass is 10.0. The van der Waals surface area contributed by atoms with Gasteiger partial charge in [0.15, 0.2) is 5.82 Å². The lowest BCUT2D eigenvalue weighted by Crippen LogP contribution is -2.41. The number of amides is 2. The van der Waals surface area contributed by atoms with Crippen molar-refractivity contribution in [2.45, 2.75) is 19.0 Å². The van der Waals surface area contributed by atoms with Gasteiger partial charge in [-0.25, -0.2) is 15.0 Å². The molecule has 2 amide bonds. The predicted molar refractivity (Wildman–Crippen MR) is 153 cm³/mol. The van der Waals surface area contributed by atoms with Crippen molar-refractivity contribution in [2.75, 3.05) is 37.5 Å². The summed E-state index contributed by atoms with van der Waals surface area (Å²) in [6.45, 7) is 1.39. The van der Waals surface area contributed by atoms with E-state index in [1.165, 1.54) is 15.9 Å². The second-order valence-corrected chi connectivity index (χ2v) is 10.2. The van der Waals surface area contributed by atoms with Crippen LogP contribution in [0, 0.1) is 0 Å². The Hall–Kier alpha value is -4.62. The highest BCUT2D eigenvalue weighted by Crippen LogP contribution is 2.37. The number of carbonyl (C=O) groups is 2. The third-order valence-corrected chi connectivity index (χ3v) is 7.06. The number of anilines is 3. The summed E-state index contributed by atoms with van der Waals surface area (Å²) in [7, 11) is 5.41. The molecular weight excluding hydrogens is 548 g/mol. The molecule has 1 aliphatic heterocycles. The number of halogens is 1. The lowest BCUT2D eigenvalue weighted by molar-refractivity contribution is -0.123. The molecule has 4 aromatic rings. The standard InChI is InChI=1S/C27H29ClN10O3/c1-15-18-6-5-17(25-20(28)11-30-27(34-25)33-22-12-31-37(4)35-22)9-19(18)26(41)38(15)13-24(40)32-21(14-39)16-7-8-29-23(10-16)36(2)3/h5-12,15,21,39H,13-14H2,1-4H3,(H,32,40)(H,30,33,34,35)/t15-,21-/m1/s1. The Morgan fingerprint density at radius 1 is 1.20 bits per heavy atom. The Labute approximate surface area is 241 Å². The zero-order valence-electron chi connectivity index (χ0n) is 22.9. The number of aliphatic hydroxyl groups is 1. The van der Waals surface area contributed by atoms with Gasteiger partial charge >= 0.3 is 0 Å². The van der Waals surface area contributed by atoms with Crippen LogP contribution in [0.3, 0.4) is 0 Å². The first kappa shape index (κ1) is 27.9. The summed E-state index contributed by atoms with van der Waals surface area (Å²) in [5.74, 6) is 0.767. The third-order valence-electron chi connectivity index (χ3n) is 6.78. The van der Waals surface area contributed by atoms with E-state index in [-0.39, 0.29) is 37.0 Å². The third kappa shape index (κ3) is 5.81. The molecule has 0 fully saturated rings. The Kier molecular flexibility index (Phi) is 7.81. The predicted octanol–water partition coefficient (Wildman–Crippen LogP) is 2.50. The number of fused-ring (bicyclic) bond motifs is 1. The summed E-state index contributed by atoms with van der Waals surface area (Å²) in [5, 5.41) is 24.3. The minimum absolute atomic E-state index is 0.174. The number of carbonyl (C=O) groups excluding carboxylic acids is 2. The molecule has 1 aliphatic rings. The molecule has 0 aliphatic carbocycles. The van der Waals surface area contributed by atoms with Gasteiger partial charge in [0.05, 0.1) is 41.8 Å². The maximum atomic E-state index is 13.5. The van der Waals surface area contributed by atoms with Gasteiger partial charge in [-0.15, -0.1) is 5.10 Å². The summed E-state index contributed by atoms with van der Waals surface area (Å²) < 4.78 is 0. The highest BCUT2D eigenvalue weighted by atomic mass is 35.5. The molecule has 212 valence electrons.